The van der Waals surface area contributed by atoms with Crippen LogP contribution in [0.2, 0.25) is 0 Å². The van der Waals surface area contributed by atoms with E-state index in [-0.39, 0.29) is 5.78 Å². The first-order chi connectivity index (χ1) is 11.8. The summed E-state index contributed by atoms with van der Waals surface area (Å²) in [5, 5.41) is 19.6. The number of hydrogen-bond acceptors (Lipinski definition) is 7. The van der Waals surface area contributed by atoms with Crippen molar-refractivity contribution in [2.75, 3.05) is 5.32 Å². The smallest absolute Gasteiger partial charge is 0.222 e. The number of carbonyl (C=O) groups is 1. The largest absolute Gasteiger partial charge is 0.348 e. The molecule has 0 unspecified atom stereocenters. The highest BCUT2D eigenvalue weighted by Crippen LogP contribution is 2.11. The quantitative estimate of drug-likeness (QED) is 0.717. The fourth-order valence-corrected chi connectivity index (χ4v) is 2.03. The lowest BCUT2D eigenvalue weighted by Crippen LogP contribution is -2.08. The molecular formula is C17H12N6O. The second kappa shape index (κ2) is 7.07. The Morgan fingerprint density at radius 1 is 1.12 bits per heavy atom. The van der Waals surface area contributed by atoms with Crippen molar-refractivity contribution in [3.05, 3.63) is 77.4 Å². The third kappa shape index (κ3) is 3.56. The number of aromatic nitrogens is 4. The van der Waals surface area contributed by atoms with Gasteiger partial charge in [-0.05, 0) is 24.3 Å². The zero-order chi connectivity index (χ0) is 16.8. The Morgan fingerprint density at radius 3 is 2.67 bits per heavy atom. The van der Waals surface area contributed by atoms with E-state index in [0.717, 1.165) is 5.69 Å². The van der Waals surface area contributed by atoms with E-state index in [0.29, 0.717) is 29.2 Å². The van der Waals surface area contributed by atoms with Crippen molar-refractivity contribution in [3.63, 3.8) is 0 Å². The van der Waals surface area contributed by atoms with Crippen LogP contribution >= 0.6 is 0 Å². The topological polar surface area (TPSA) is 104 Å². The molecule has 3 rings (SSSR count). The van der Waals surface area contributed by atoms with Crippen LogP contribution in [0.25, 0.3) is 0 Å². The number of ketones is 1. The highest BCUT2D eigenvalue weighted by Gasteiger charge is 2.11. The number of nitriles is 1. The van der Waals surface area contributed by atoms with Crippen LogP contribution in [0, 0.1) is 11.3 Å². The molecule has 0 saturated carbocycles. The normalized spacial score (nSPS) is 9.96. The third-order valence-corrected chi connectivity index (χ3v) is 3.22. The van der Waals surface area contributed by atoms with Gasteiger partial charge in [0.2, 0.25) is 5.95 Å². The van der Waals surface area contributed by atoms with Gasteiger partial charge in [-0.15, -0.1) is 0 Å². The van der Waals surface area contributed by atoms with Gasteiger partial charge in [0.1, 0.15) is 0 Å². The number of nitrogens with zero attached hydrogens (tertiary/aromatic N) is 5. The Morgan fingerprint density at radius 2 is 1.96 bits per heavy atom. The number of benzene rings is 1. The number of carbonyl (C=O) groups excluding carboxylic acids is 1. The molecule has 0 aliphatic heterocycles. The first-order valence-electron chi connectivity index (χ1n) is 7.13. The molecule has 7 nitrogen and oxygen atoms in total. The van der Waals surface area contributed by atoms with Crippen LogP contribution in [0.15, 0.2) is 55.0 Å². The van der Waals surface area contributed by atoms with E-state index in [1.54, 1.807) is 36.5 Å². The number of anilines is 1. The molecule has 0 fully saturated rings. The van der Waals surface area contributed by atoms with Crippen molar-refractivity contribution >= 4 is 11.7 Å². The Labute approximate surface area is 138 Å². The van der Waals surface area contributed by atoms with Crippen molar-refractivity contribution in [1.29, 1.82) is 5.26 Å². The van der Waals surface area contributed by atoms with E-state index in [9.17, 15) is 4.79 Å². The second-order valence-corrected chi connectivity index (χ2v) is 4.89. The minimum atomic E-state index is -0.229. The zero-order valence-corrected chi connectivity index (χ0v) is 12.5. The van der Waals surface area contributed by atoms with Crippen molar-refractivity contribution in [2.24, 2.45) is 0 Å². The van der Waals surface area contributed by atoms with Gasteiger partial charge >= 0.3 is 0 Å². The van der Waals surface area contributed by atoms with Crippen LogP contribution in [0.5, 0.6) is 0 Å². The summed E-state index contributed by atoms with van der Waals surface area (Å²) < 4.78 is 0. The molecule has 24 heavy (non-hydrogen) atoms. The Bertz CT molecular complexity index is 887. The van der Waals surface area contributed by atoms with Crippen LogP contribution in [-0.2, 0) is 6.54 Å². The van der Waals surface area contributed by atoms with Crippen LogP contribution in [0.1, 0.15) is 27.2 Å². The van der Waals surface area contributed by atoms with Gasteiger partial charge in [0.25, 0.3) is 0 Å². The second-order valence-electron chi connectivity index (χ2n) is 4.89. The standard InChI is InChI=1S/C17H12N6O/c18-8-12-3-1-4-13(7-12)16(24)14-9-19-17(20-10-14)21-11-15-5-2-6-22-23-15/h1-7,9-10H,11H2,(H,19,20,21). The molecule has 0 spiro atoms. The Balaban J connectivity index is 1.69. The van der Waals surface area contributed by atoms with Gasteiger partial charge in [0, 0.05) is 24.2 Å². The first kappa shape index (κ1) is 15.2. The lowest BCUT2D eigenvalue weighted by Gasteiger charge is -2.05. The minimum absolute atomic E-state index is 0.229. The predicted molar refractivity (Wildman–Crippen MR) is 86.0 cm³/mol. The van der Waals surface area contributed by atoms with Crippen LogP contribution < -0.4 is 5.32 Å². The monoisotopic (exact) mass is 316 g/mol. The number of hydrogen-bond donors (Lipinski definition) is 1. The average molecular weight is 316 g/mol. The van der Waals surface area contributed by atoms with Crippen molar-refractivity contribution in [1.82, 2.24) is 20.2 Å². The summed E-state index contributed by atoms with van der Waals surface area (Å²) in [4.78, 5) is 20.6. The molecule has 2 aromatic heterocycles. The van der Waals surface area contributed by atoms with E-state index in [1.165, 1.54) is 12.4 Å². The molecule has 0 aliphatic carbocycles. The van der Waals surface area contributed by atoms with Crippen molar-refractivity contribution in [2.45, 2.75) is 6.54 Å². The Hall–Kier alpha value is -3.66. The summed E-state index contributed by atoms with van der Waals surface area (Å²) in [6.45, 7) is 0.436. The maximum absolute atomic E-state index is 12.4. The van der Waals surface area contributed by atoms with Crippen LogP contribution in [0.4, 0.5) is 5.95 Å². The molecule has 0 atom stereocenters. The molecular weight excluding hydrogens is 304 g/mol. The summed E-state index contributed by atoms with van der Waals surface area (Å²) in [5.74, 6) is 0.163. The summed E-state index contributed by atoms with van der Waals surface area (Å²) in [6.07, 6.45) is 4.50. The van der Waals surface area contributed by atoms with Gasteiger partial charge in [0.05, 0.1) is 29.4 Å². The highest BCUT2D eigenvalue weighted by molar-refractivity contribution is 6.08. The number of rotatable bonds is 5. The Kier molecular flexibility index (Phi) is 4.49. The SMILES string of the molecule is N#Cc1cccc(C(=O)c2cnc(NCc3cccnn3)nc2)c1. The molecule has 1 aromatic carbocycles. The molecule has 0 amide bonds. The maximum atomic E-state index is 12.4. The fourth-order valence-electron chi connectivity index (χ4n) is 2.03. The molecule has 116 valence electrons. The molecule has 0 radical (unpaired) electrons. The summed E-state index contributed by atoms with van der Waals surface area (Å²) in [5.41, 5.74) is 1.98. The summed E-state index contributed by atoms with van der Waals surface area (Å²) in [6, 6.07) is 12.2. The first-order valence-corrected chi connectivity index (χ1v) is 7.13. The van der Waals surface area contributed by atoms with Gasteiger partial charge in [0.15, 0.2) is 5.78 Å². The molecule has 1 N–H and O–H groups in total. The van der Waals surface area contributed by atoms with Crippen LogP contribution in [0.3, 0.4) is 0 Å². The van der Waals surface area contributed by atoms with Gasteiger partial charge in [-0.3, -0.25) is 4.79 Å². The third-order valence-electron chi connectivity index (χ3n) is 3.22. The lowest BCUT2D eigenvalue weighted by atomic mass is 10.0. The fraction of sp³-hybridized carbons (Fsp3) is 0.0588. The minimum Gasteiger partial charge on any atom is -0.348 e. The van der Waals surface area contributed by atoms with E-state index in [4.69, 9.17) is 5.26 Å². The van der Waals surface area contributed by atoms with Gasteiger partial charge < -0.3 is 5.32 Å². The summed E-state index contributed by atoms with van der Waals surface area (Å²) >= 11 is 0. The molecule has 0 bridgehead atoms. The molecule has 7 heteroatoms. The van der Waals surface area contributed by atoms with Crippen LogP contribution in [-0.4, -0.2) is 25.9 Å². The molecule has 3 aromatic rings. The van der Waals surface area contributed by atoms with E-state index in [2.05, 4.69) is 25.5 Å². The average Bonchev–Trinajstić information content (AvgIpc) is 2.67. The van der Waals surface area contributed by atoms with Gasteiger partial charge in [-0.25, -0.2) is 9.97 Å². The predicted octanol–water partition coefficient (Wildman–Crippen LogP) is 1.98. The molecule has 2 heterocycles. The van der Waals surface area contributed by atoms with Crippen molar-refractivity contribution < 1.29 is 4.79 Å². The van der Waals surface area contributed by atoms with Gasteiger partial charge in [-0.2, -0.15) is 15.5 Å². The van der Waals surface area contributed by atoms with Gasteiger partial charge in [-0.1, -0.05) is 12.1 Å². The van der Waals surface area contributed by atoms with Crippen molar-refractivity contribution in [3.8, 4) is 6.07 Å². The lowest BCUT2D eigenvalue weighted by molar-refractivity contribution is 0.103. The molecule has 0 aliphatic rings. The zero-order valence-electron chi connectivity index (χ0n) is 12.5. The van der Waals surface area contributed by atoms with E-state index < -0.39 is 0 Å². The van der Waals surface area contributed by atoms with E-state index in [1.807, 2.05) is 12.1 Å². The highest BCUT2D eigenvalue weighted by atomic mass is 16.1. The number of nitrogens with one attached hydrogen (secondary N) is 1. The maximum Gasteiger partial charge on any atom is 0.222 e. The van der Waals surface area contributed by atoms with E-state index >= 15 is 0 Å². The summed E-state index contributed by atoms with van der Waals surface area (Å²) in [7, 11) is 0. The molecule has 0 saturated heterocycles.